The van der Waals surface area contributed by atoms with Crippen molar-refractivity contribution in [1.82, 2.24) is 10.1 Å². The first-order chi connectivity index (χ1) is 7.13. The number of nitrogens with two attached hydrogens (primary N) is 1. The normalized spacial score (nSPS) is 30.9. The smallest absolute Gasteiger partial charge is 0.330 e. The van der Waals surface area contributed by atoms with Gasteiger partial charge in [-0.05, 0) is 30.7 Å². The Hall–Kier alpha value is -1.10. The third-order valence-corrected chi connectivity index (χ3v) is 3.41. The summed E-state index contributed by atoms with van der Waals surface area (Å²) in [6.45, 7) is 2.88. The van der Waals surface area contributed by atoms with Gasteiger partial charge in [0.1, 0.15) is 0 Å². The van der Waals surface area contributed by atoms with Crippen LogP contribution in [0.1, 0.15) is 32.0 Å². The highest BCUT2D eigenvalue weighted by molar-refractivity contribution is 4.96. The summed E-state index contributed by atoms with van der Waals surface area (Å²) in [6, 6.07) is 0. The average Bonchev–Trinajstić information content (AvgIpc) is 2.75. The molecule has 3 N–H and O–H groups in total. The van der Waals surface area contributed by atoms with E-state index in [0.29, 0.717) is 18.3 Å². The van der Waals surface area contributed by atoms with Gasteiger partial charge in [0.15, 0.2) is 5.82 Å². The van der Waals surface area contributed by atoms with Crippen LogP contribution in [0.25, 0.3) is 0 Å². The fourth-order valence-corrected chi connectivity index (χ4v) is 2.61. The molecule has 1 aromatic rings. The van der Waals surface area contributed by atoms with Crippen molar-refractivity contribution < 1.29 is 4.52 Å². The Morgan fingerprint density at radius 1 is 1.73 bits per heavy atom. The predicted octanol–water partition coefficient (Wildman–Crippen LogP) is 0.671. The maximum atomic E-state index is 10.8. The van der Waals surface area contributed by atoms with E-state index in [1.165, 1.54) is 6.42 Å². The summed E-state index contributed by atoms with van der Waals surface area (Å²) < 4.78 is 4.49. The number of hydrogen-bond donors (Lipinski definition) is 2. The van der Waals surface area contributed by atoms with E-state index >= 15 is 0 Å². The molecule has 2 atom stereocenters. The molecule has 0 amide bonds. The minimum Gasteiger partial charge on any atom is -0.330 e. The molecular weight excluding hydrogens is 194 g/mol. The molecule has 0 spiro atoms. The number of nitrogens with zero attached hydrogens (tertiary/aromatic N) is 1. The predicted molar refractivity (Wildman–Crippen MR) is 55.3 cm³/mol. The van der Waals surface area contributed by atoms with Gasteiger partial charge in [0, 0.05) is 6.42 Å². The van der Waals surface area contributed by atoms with Crippen LogP contribution in [0.15, 0.2) is 9.32 Å². The lowest BCUT2D eigenvalue weighted by molar-refractivity contribution is 0.283. The molecule has 1 aromatic heterocycles. The molecule has 1 fully saturated rings. The number of hydrogen-bond acceptors (Lipinski definition) is 4. The molecule has 1 aliphatic rings. The van der Waals surface area contributed by atoms with Gasteiger partial charge in [-0.2, -0.15) is 0 Å². The average molecular weight is 211 g/mol. The van der Waals surface area contributed by atoms with E-state index < -0.39 is 5.76 Å². The number of rotatable bonds is 3. The highest BCUT2D eigenvalue weighted by Crippen LogP contribution is 2.42. The van der Waals surface area contributed by atoms with Crippen molar-refractivity contribution in [2.24, 2.45) is 17.1 Å². The maximum Gasteiger partial charge on any atom is 0.438 e. The topological polar surface area (TPSA) is 84.9 Å². The molecule has 1 heterocycles. The third kappa shape index (κ3) is 2.12. The van der Waals surface area contributed by atoms with Crippen LogP contribution < -0.4 is 11.5 Å². The second kappa shape index (κ2) is 3.81. The molecule has 5 heteroatoms. The Morgan fingerprint density at radius 3 is 3.00 bits per heavy atom. The number of aromatic amines is 1. The van der Waals surface area contributed by atoms with Crippen molar-refractivity contribution in [1.29, 1.82) is 0 Å². The maximum absolute atomic E-state index is 10.8. The van der Waals surface area contributed by atoms with E-state index in [0.717, 1.165) is 19.3 Å². The van der Waals surface area contributed by atoms with Crippen LogP contribution in [-0.2, 0) is 6.42 Å². The Bertz CT molecular complexity index is 384. The lowest BCUT2D eigenvalue weighted by atomic mass is 9.82. The molecule has 0 aliphatic heterocycles. The van der Waals surface area contributed by atoms with Crippen LogP contribution in [0.2, 0.25) is 0 Å². The van der Waals surface area contributed by atoms with Crippen molar-refractivity contribution in [3.05, 3.63) is 16.4 Å². The molecule has 15 heavy (non-hydrogen) atoms. The lowest BCUT2D eigenvalue weighted by Crippen LogP contribution is -2.30. The monoisotopic (exact) mass is 211 g/mol. The van der Waals surface area contributed by atoms with E-state index in [9.17, 15) is 4.79 Å². The molecule has 0 bridgehead atoms. The molecular formula is C10H17N3O2. The van der Waals surface area contributed by atoms with Gasteiger partial charge < -0.3 is 5.73 Å². The highest BCUT2D eigenvalue weighted by Gasteiger charge is 2.37. The lowest BCUT2D eigenvalue weighted by Gasteiger charge is -2.25. The Balaban J connectivity index is 2.11. The summed E-state index contributed by atoms with van der Waals surface area (Å²) in [6.07, 6.45) is 4.15. The molecule has 0 saturated heterocycles. The van der Waals surface area contributed by atoms with Crippen molar-refractivity contribution >= 4 is 0 Å². The van der Waals surface area contributed by atoms with Gasteiger partial charge in [-0.15, -0.1) is 0 Å². The van der Waals surface area contributed by atoms with Crippen LogP contribution in [0.4, 0.5) is 0 Å². The second-order valence-electron chi connectivity index (χ2n) is 4.77. The van der Waals surface area contributed by atoms with Crippen LogP contribution >= 0.6 is 0 Å². The fourth-order valence-electron chi connectivity index (χ4n) is 2.61. The van der Waals surface area contributed by atoms with E-state index in [1.807, 2.05) is 0 Å². The van der Waals surface area contributed by atoms with Gasteiger partial charge in [0.2, 0.25) is 0 Å². The summed E-state index contributed by atoms with van der Waals surface area (Å²) in [7, 11) is 0. The molecule has 0 unspecified atom stereocenters. The molecule has 0 radical (unpaired) electrons. The summed E-state index contributed by atoms with van der Waals surface area (Å²) in [5.41, 5.74) is 5.95. The molecule has 2 rings (SSSR count). The van der Waals surface area contributed by atoms with E-state index in [2.05, 4.69) is 21.6 Å². The highest BCUT2D eigenvalue weighted by atomic mass is 16.5. The first-order valence-corrected chi connectivity index (χ1v) is 5.38. The Kier molecular flexibility index (Phi) is 2.65. The second-order valence-corrected chi connectivity index (χ2v) is 4.77. The van der Waals surface area contributed by atoms with Crippen molar-refractivity contribution in [3.8, 4) is 0 Å². The summed E-state index contributed by atoms with van der Waals surface area (Å²) >= 11 is 0. The van der Waals surface area contributed by atoms with E-state index in [-0.39, 0.29) is 5.41 Å². The van der Waals surface area contributed by atoms with Gasteiger partial charge in [-0.25, -0.2) is 4.79 Å². The largest absolute Gasteiger partial charge is 0.438 e. The first kappa shape index (κ1) is 10.4. The standard InChI is InChI=1S/C10H17N3O2/c1-7-2-3-10(4-7,6-11)5-8-12-9(14)15-13-8/h7H,2-6,11H2,1H3,(H,12,13,14)/t7-,10-/m1/s1. The minimum atomic E-state index is -0.483. The van der Waals surface area contributed by atoms with Crippen molar-refractivity contribution in [3.63, 3.8) is 0 Å². The van der Waals surface area contributed by atoms with Crippen LogP contribution in [-0.4, -0.2) is 16.7 Å². The van der Waals surface area contributed by atoms with E-state index in [4.69, 9.17) is 5.73 Å². The van der Waals surface area contributed by atoms with Crippen LogP contribution in [0.3, 0.4) is 0 Å². The molecule has 1 saturated carbocycles. The van der Waals surface area contributed by atoms with Crippen molar-refractivity contribution in [2.45, 2.75) is 32.6 Å². The van der Waals surface area contributed by atoms with Gasteiger partial charge >= 0.3 is 5.76 Å². The number of aromatic nitrogens is 2. The zero-order valence-corrected chi connectivity index (χ0v) is 8.95. The zero-order chi connectivity index (χ0) is 10.9. The van der Waals surface area contributed by atoms with Crippen molar-refractivity contribution in [2.75, 3.05) is 6.54 Å². The fraction of sp³-hybridized carbons (Fsp3) is 0.800. The molecule has 0 aromatic carbocycles. The Morgan fingerprint density at radius 2 is 2.53 bits per heavy atom. The summed E-state index contributed by atoms with van der Waals surface area (Å²) in [5, 5.41) is 3.70. The molecule has 84 valence electrons. The quantitative estimate of drug-likeness (QED) is 0.769. The van der Waals surface area contributed by atoms with Gasteiger partial charge in [-0.1, -0.05) is 18.5 Å². The van der Waals surface area contributed by atoms with Gasteiger partial charge in [0.25, 0.3) is 0 Å². The SMILES string of the molecule is C[C@@H]1CC[C@](CN)(Cc2noc(=O)[nH]2)C1. The Labute approximate surface area is 88.0 Å². The first-order valence-electron chi connectivity index (χ1n) is 5.38. The van der Waals surface area contributed by atoms with Crippen LogP contribution in [0, 0.1) is 11.3 Å². The molecule has 1 aliphatic carbocycles. The van der Waals surface area contributed by atoms with Gasteiger partial charge in [-0.3, -0.25) is 9.51 Å². The summed E-state index contributed by atoms with van der Waals surface area (Å²) in [5.74, 6) is 0.856. The zero-order valence-electron chi connectivity index (χ0n) is 8.95. The van der Waals surface area contributed by atoms with Crippen LogP contribution in [0.5, 0.6) is 0 Å². The van der Waals surface area contributed by atoms with Gasteiger partial charge in [0.05, 0.1) is 0 Å². The minimum absolute atomic E-state index is 0.110. The molecule has 5 nitrogen and oxygen atoms in total. The summed E-state index contributed by atoms with van der Waals surface area (Å²) in [4.78, 5) is 13.4. The number of H-pyrrole nitrogens is 1. The van der Waals surface area contributed by atoms with E-state index in [1.54, 1.807) is 0 Å². The third-order valence-electron chi connectivity index (χ3n) is 3.41. The number of nitrogens with one attached hydrogen (secondary N) is 1.